The number of hydrogen-bond acceptors (Lipinski definition) is 4. The van der Waals surface area contributed by atoms with Crippen molar-refractivity contribution in [3.63, 3.8) is 0 Å². The van der Waals surface area contributed by atoms with Crippen LogP contribution in [0.15, 0.2) is 48.5 Å². The minimum atomic E-state index is 0.0684. The second kappa shape index (κ2) is 9.31. The first-order chi connectivity index (χ1) is 14.2. The Hall–Kier alpha value is -2.53. The SMILES string of the molecule is COc1ccc([C@@H]2CC(=O)N(CCCc3ccccc3)C2)cc1O[C@@H]1CCOC1. The normalized spacial score (nSPS) is 21.6. The van der Waals surface area contributed by atoms with E-state index in [4.69, 9.17) is 14.2 Å². The zero-order valence-electron chi connectivity index (χ0n) is 17.0. The highest BCUT2D eigenvalue weighted by atomic mass is 16.6. The number of rotatable bonds is 8. The lowest BCUT2D eigenvalue weighted by atomic mass is 9.98. The molecule has 0 aromatic heterocycles. The summed E-state index contributed by atoms with van der Waals surface area (Å²) in [5.41, 5.74) is 2.46. The fraction of sp³-hybridized carbons (Fsp3) is 0.458. The maximum Gasteiger partial charge on any atom is 0.223 e. The van der Waals surface area contributed by atoms with Crippen LogP contribution in [-0.2, 0) is 16.0 Å². The highest BCUT2D eigenvalue weighted by Gasteiger charge is 2.31. The van der Waals surface area contributed by atoms with Crippen LogP contribution in [0.25, 0.3) is 0 Å². The lowest BCUT2D eigenvalue weighted by molar-refractivity contribution is -0.127. The molecule has 2 aliphatic rings. The van der Waals surface area contributed by atoms with Crippen molar-refractivity contribution >= 4 is 5.91 Å². The Bertz CT molecular complexity index is 817. The van der Waals surface area contributed by atoms with Crippen LogP contribution in [0.5, 0.6) is 11.5 Å². The molecule has 2 atom stereocenters. The number of benzene rings is 2. The van der Waals surface area contributed by atoms with E-state index in [1.165, 1.54) is 5.56 Å². The molecule has 29 heavy (non-hydrogen) atoms. The summed E-state index contributed by atoms with van der Waals surface area (Å²) in [6.45, 7) is 2.93. The van der Waals surface area contributed by atoms with Gasteiger partial charge in [-0.25, -0.2) is 0 Å². The Morgan fingerprint density at radius 1 is 1.14 bits per heavy atom. The van der Waals surface area contributed by atoms with Crippen molar-refractivity contribution in [2.75, 3.05) is 33.4 Å². The number of nitrogens with zero attached hydrogens (tertiary/aromatic N) is 1. The smallest absolute Gasteiger partial charge is 0.223 e. The summed E-state index contributed by atoms with van der Waals surface area (Å²) in [7, 11) is 1.65. The van der Waals surface area contributed by atoms with Gasteiger partial charge in [-0.3, -0.25) is 4.79 Å². The van der Waals surface area contributed by atoms with Crippen LogP contribution in [0.3, 0.4) is 0 Å². The Labute approximate surface area is 172 Å². The van der Waals surface area contributed by atoms with Crippen molar-refractivity contribution < 1.29 is 19.0 Å². The molecule has 2 fully saturated rings. The van der Waals surface area contributed by atoms with Crippen molar-refractivity contribution in [1.82, 2.24) is 4.90 Å². The van der Waals surface area contributed by atoms with Gasteiger partial charge in [0.25, 0.3) is 0 Å². The summed E-state index contributed by atoms with van der Waals surface area (Å²) in [5, 5.41) is 0. The summed E-state index contributed by atoms with van der Waals surface area (Å²) >= 11 is 0. The average Bonchev–Trinajstić information content (AvgIpc) is 3.39. The molecule has 2 heterocycles. The molecule has 2 aliphatic heterocycles. The molecule has 2 saturated heterocycles. The van der Waals surface area contributed by atoms with Crippen LogP contribution in [0, 0.1) is 0 Å². The van der Waals surface area contributed by atoms with Gasteiger partial charge in [0.2, 0.25) is 5.91 Å². The van der Waals surface area contributed by atoms with Crippen LogP contribution in [0.2, 0.25) is 0 Å². The van der Waals surface area contributed by atoms with Crippen molar-refractivity contribution in [3.8, 4) is 11.5 Å². The molecule has 5 nitrogen and oxygen atoms in total. The molecule has 0 bridgehead atoms. The van der Waals surface area contributed by atoms with E-state index in [1.54, 1.807) is 7.11 Å². The molecular weight excluding hydrogens is 366 g/mol. The van der Waals surface area contributed by atoms with Gasteiger partial charge in [-0.15, -0.1) is 0 Å². The van der Waals surface area contributed by atoms with Crippen LogP contribution < -0.4 is 9.47 Å². The van der Waals surface area contributed by atoms with Gasteiger partial charge in [0.1, 0.15) is 6.10 Å². The number of amides is 1. The maximum atomic E-state index is 12.5. The highest BCUT2D eigenvalue weighted by Crippen LogP contribution is 2.36. The predicted octanol–water partition coefficient (Wildman–Crippen LogP) is 3.81. The second-order valence-electron chi connectivity index (χ2n) is 7.84. The van der Waals surface area contributed by atoms with E-state index in [9.17, 15) is 4.79 Å². The largest absolute Gasteiger partial charge is 0.493 e. The molecule has 2 aromatic rings. The molecule has 0 aliphatic carbocycles. The molecule has 0 spiro atoms. The average molecular weight is 395 g/mol. The van der Waals surface area contributed by atoms with Gasteiger partial charge in [-0.1, -0.05) is 36.4 Å². The third kappa shape index (κ3) is 4.91. The number of likely N-dealkylation sites (tertiary alicyclic amines) is 1. The number of ether oxygens (including phenoxy) is 3. The highest BCUT2D eigenvalue weighted by molar-refractivity contribution is 5.79. The van der Waals surface area contributed by atoms with Gasteiger partial charge in [-0.2, -0.15) is 0 Å². The summed E-state index contributed by atoms with van der Waals surface area (Å²) in [4.78, 5) is 14.5. The quantitative estimate of drug-likeness (QED) is 0.682. The standard InChI is InChI=1S/C24H29NO4/c1-27-22-10-9-19(14-23(22)29-21-11-13-28-17-21)20-15-24(26)25(16-20)12-5-8-18-6-3-2-4-7-18/h2-4,6-7,9-10,14,20-21H,5,8,11-13,15-17H2,1H3/t20-,21-/m1/s1. The molecule has 5 heteroatoms. The first-order valence-corrected chi connectivity index (χ1v) is 10.5. The number of methoxy groups -OCH3 is 1. The minimum absolute atomic E-state index is 0.0684. The molecule has 0 unspecified atom stereocenters. The van der Waals surface area contributed by atoms with Gasteiger partial charge in [0.15, 0.2) is 11.5 Å². The van der Waals surface area contributed by atoms with Crippen LogP contribution in [0.1, 0.15) is 36.3 Å². The second-order valence-corrected chi connectivity index (χ2v) is 7.84. The van der Waals surface area contributed by atoms with Crippen LogP contribution >= 0.6 is 0 Å². The third-order valence-electron chi connectivity index (χ3n) is 5.79. The lowest BCUT2D eigenvalue weighted by Crippen LogP contribution is -2.26. The van der Waals surface area contributed by atoms with E-state index >= 15 is 0 Å². The van der Waals surface area contributed by atoms with Gasteiger partial charge >= 0.3 is 0 Å². The van der Waals surface area contributed by atoms with Crippen molar-refractivity contribution in [1.29, 1.82) is 0 Å². The van der Waals surface area contributed by atoms with Gasteiger partial charge in [-0.05, 0) is 36.1 Å². The van der Waals surface area contributed by atoms with Crippen LogP contribution in [-0.4, -0.2) is 50.3 Å². The zero-order valence-corrected chi connectivity index (χ0v) is 17.0. The summed E-state index contributed by atoms with van der Waals surface area (Å²) in [6.07, 6.45) is 3.51. The molecule has 2 aromatic carbocycles. The van der Waals surface area contributed by atoms with Crippen molar-refractivity contribution in [2.45, 2.75) is 37.7 Å². The Morgan fingerprint density at radius 2 is 2.00 bits per heavy atom. The molecule has 0 saturated carbocycles. The summed E-state index contributed by atoms with van der Waals surface area (Å²) < 4.78 is 17.0. The van der Waals surface area contributed by atoms with E-state index in [0.717, 1.165) is 56.0 Å². The molecule has 0 N–H and O–H groups in total. The summed E-state index contributed by atoms with van der Waals surface area (Å²) in [6, 6.07) is 16.5. The Kier molecular flexibility index (Phi) is 6.35. The van der Waals surface area contributed by atoms with Gasteiger partial charge in [0, 0.05) is 31.8 Å². The van der Waals surface area contributed by atoms with Crippen molar-refractivity contribution in [2.24, 2.45) is 0 Å². The van der Waals surface area contributed by atoms with E-state index < -0.39 is 0 Å². The number of carbonyl (C=O) groups is 1. The van der Waals surface area contributed by atoms with E-state index in [2.05, 4.69) is 30.3 Å². The first-order valence-electron chi connectivity index (χ1n) is 10.5. The van der Waals surface area contributed by atoms with E-state index in [0.29, 0.717) is 13.0 Å². The Balaban J connectivity index is 1.37. The summed E-state index contributed by atoms with van der Waals surface area (Å²) in [5.74, 6) is 1.91. The third-order valence-corrected chi connectivity index (χ3v) is 5.79. The monoisotopic (exact) mass is 395 g/mol. The first kappa shape index (κ1) is 19.8. The fourth-order valence-electron chi connectivity index (χ4n) is 4.15. The molecule has 4 rings (SSSR count). The molecule has 0 radical (unpaired) electrons. The number of aryl methyl sites for hydroxylation is 1. The molecule has 1 amide bonds. The Morgan fingerprint density at radius 3 is 2.76 bits per heavy atom. The zero-order chi connectivity index (χ0) is 20.1. The van der Waals surface area contributed by atoms with Gasteiger partial charge in [0.05, 0.1) is 20.3 Å². The minimum Gasteiger partial charge on any atom is -0.493 e. The maximum absolute atomic E-state index is 12.5. The van der Waals surface area contributed by atoms with Crippen molar-refractivity contribution in [3.05, 3.63) is 59.7 Å². The topological polar surface area (TPSA) is 48.0 Å². The number of carbonyl (C=O) groups excluding carboxylic acids is 1. The lowest BCUT2D eigenvalue weighted by Gasteiger charge is -2.19. The van der Waals surface area contributed by atoms with E-state index in [-0.39, 0.29) is 17.9 Å². The predicted molar refractivity (Wildman–Crippen MR) is 112 cm³/mol. The molecular formula is C24H29NO4. The number of hydrogen-bond donors (Lipinski definition) is 0. The molecule has 154 valence electrons. The van der Waals surface area contributed by atoms with E-state index in [1.807, 2.05) is 23.1 Å². The van der Waals surface area contributed by atoms with Gasteiger partial charge < -0.3 is 19.1 Å². The van der Waals surface area contributed by atoms with Crippen LogP contribution in [0.4, 0.5) is 0 Å². The fourth-order valence-corrected chi connectivity index (χ4v) is 4.15.